The SMILES string of the molecule is Cc1nn(-c2ccccc2)c(C)c1Cc1cnccc1C(=O)O. The Balaban J connectivity index is 2.03. The highest BCUT2D eigenvalue weighted by molar-refractivity contribution is 5.89. The van der Waals surface area contributed by atoms with Gasteiger partial charge < -0.3 is 5.11 Å². The van der Waals surface area contributed by atoms with Gasteiger partial charge in [0.25, 0.3) is 0 Å². The van der Waals surface area contributed by atoms with Crippen LogP contribution >= 0.6 is 0 Å². The third-order valence-electron chi connectivity index (χ3n) is 3.94. The summed E-state index contributed by atoms with van der Waals surface area (Å²) in [6.07, 6.45) is 3.61. The fourth-order valence-electron chi connectivity index (χ4n) is 2.72. The van der Waals surface area contributed by atoms with Crippen molar-refractivity contribution < 1.29 is 9.90 Å². The molecule has 1 aromatic carbocycles. The van der Waals surface area contributed by atoms with E-state index in [0.29, 0.717) is 12.0 Å². The van der Waals surface area contributed by atoms with Crippen LogP contribution in [0.4, 0.5) is 0 Å². The summed E-state index contributed by atoms with van der Waals surface area (Å²) >= 11 is 0. The number of rotatable bonds is 4. The molecule has 0 saturated carbocycles. The summed E-state index contributed by atoms with van der Waals surface area (Å²) in [5, 5.41) is 13.9. The minimum Gasteiger partial charge on any atom is -0.478 e. The van der Waals surface area contributed by atoms with Crippen molar-refractivity contribution in [3.05, 3.63) is 76.9 Å². The summed E-state index contributed by atoms with van der Waals surface area (Å²) in [7, 11) is 0. The first-order valence-corrected chi connectivity index (χ1v) is 7.34. The molecule has 0 radical (unpaired) electrons. The molecular formula is C18H17N3O2. The van der Waals surface area contributed by atoms with Crippen LogP contribution < -0.4 is 0 Å². The standard InChI is InChI=1S/C18H17N3O2/c1-12-17(10-14-11-19-9-8-16(14)18(22)23)13(2)21(20-12)15-6-4-3-5-7-15/h3-9,11H,10H2,1-2H3,(H,22,23). The number of nitrogens with zero attached hydrogens (tertiary/aromatic N) is 3. The van der Waals surface area contributed by atoms with Crippen molar-refractivity contribution in [3.8, 4) is 5.69 Å². The van der Waals surface area contributed by atoms with Crippen LogP contribution in [-0.2, 0) is 6.42 Å². The van der Waals surface area contributed by atoms with Crippen molar-refractivity contribution in [2.45, 2.75) is 20.3 Å². The Labute approximate surface area is 134 Å². The van der Waals surface area contributed by atoms with Gasteiger partial charge in [-0.05, 0) is 37.6 Å². The monoisotopic (exact) mass is 307 g/mol. The summed E-state index contributed by atoms with van der Waals surface area (Å²) in [5.41, 5.74) is 4.90. The number of hydrogen-bond acceptors (Lipinski definition) is 3. The number of carbonyl (C=O) groups is 1. The number of aryl methyl sites for hydroxylation is 1. The number of hydrogen-bond donors (Lipinski definition) is 1. The molecule has 0 spiro atoms. The minimum absolute atomic E-state index is 0.284. The molecule has 5 nitrogen and oxygen atoms in total. The van der Waals surface area contributed by atoms with E-state index in [1.165, 1.54) is 12.3 Å². The number of para-hydroxylation sites is 1. The molecule has 116 valence electrons. The number of aromatic nitrogens is 3. The molecule has 0 aliphatic rings. The van der Waals surface area contributed by atoms with E-state index in [2.05, 4.69) is 10.1 Å². The Morgan fingerprint density at radius 1 is 1.17 bits per heavy atom. The lowest BCUT2D eigenvalue weighted by molar-refractivity contribution is 0.0695. The lowest BCUT2D eigenvalue weighted by Gasteiger charge is -2.07. The quantitative estimate of drug-likeness (QED) is 0.804. The molecule has 0 aliphatic heterocycles. The van der Waals surface area contributed by atoms with Gasteiger partial charge in [-0.3, -0.25) is 4.98 Å². The van der Waals surface area contributed by atoms with Crippen molar-refractivity contribution >= 4 is 5.97 Å². The molecule has 0 saturated heterocycles. The third kappa shape index (κ3) is 2.85. The van der Waals surface area contributed by atoms with Gasteiger partial charge in [0.2, 0.25) is 0 Å². The van der Waals surface area contributed by atoms with Crippen LogP contribution in [0, 0.1) is 13.8 Å². The van der Waals surface area contributed by atoms with E-state index in [0.717, 1.165) is 22.6 Å². The predicted molar refractivity (Wildman–Crippen MR) is 87.0 cm³/mol. The Hall–Kier alpha value is -2.95. The first kappa shape index (κ1) is 15.0. The maximum Gasteiger partial charge on any atom is 0.336 e. The largest absolute Gasteiger partial charge is 0.478 e. The lowest BCUT2D eigenvalue weighted by Crippen LogP contribution is -2.05. The second kappa shape index (κ2) is 6.04. The molecule has 5 heteroatoms. The molecule has 3 rings (SSSR count). The van der Waals surface area contributed by atoms with E-state index in [1.807, 2.05) is 48.9 Å². The molecule has 0 amide bonds. The van der Waals surface area contributed by atoms with Crippen LogP contribution in [-0.4, -0.2) is 25.8 Å². The van der Waals surface area contributed by atoms with Gasteiger partial charge in [0, 0.05) is 30.1 Å². The number of pyridine rings is 1. The third-order valence-corrected chi connectivity index (χ3v) is 3.94. The smallest absolute Gasteiger partial charge is 0.336 e. The number of carboxylic acid groups (broad SMARTS) is 1. The summed E-state index contributed by atoms with van der Waals surface area (Å²) in [4.78, 5) is 15.4. The Morgan fingerprint density at radius 2 is 1.91 bits per heavy atom. The van der Waals surface area contributed by atoms with Crippen molar-refractivity contribution in [2.75, 3.05) is 0 Å². The first-order chi connectivity index (χ1) is 11.1. The van der Waals surface area contributed by atoms with E-state index in [-0.39, 0.29) is 5.56 Å². The molecule has 2 aromatic heterocycles. The van der Waals surface area contributed by atoms with Gasteiger partial charge >= 0.3 is 5.97 Å². The Bertz CT molecular complexity index is 854. The van der Waals surface area contributed by atoms with Crippen molar-refractivity contribution in [3.63, 3.8) is 0 Å². The zero-order valence-corrected chi connectivity index (χ0v) is 13.0. The number of aromatic carboxylic acids is 1. The molecule has 0 atom stereocenters. The summed E-state index contributed by atoms with van der Waals surface area (Å²) in [6.45, 7) is 3.94. The zero-order valence-electron chi connectivity index (χ0n) is 13.0. The van der Waals surface area contributed by atoms with Crippen LogP contribution in [0.15, 0.2) is 48.8 Å². The molecule has 0 unspecified atom stereocenters. The first-order valence-electron chi connectivity index (χ1n) is 7.34. The fraction of sp³-hybridized carbons (Fsp3) is 0.167. The number of benzene rings is 1. The van der Waals surface area contributed by atoms with E-state index < -0.39 is 5.97 Å². The zero-order chi connectivity index (χ0) is 16.4. The topological polar surface area (TPSA) is 68.0 Å². The molecule has 2 heterocycles. The molecule has 0 fully saturated rings. The Kier molecular flexibility index (Phi) is 3.93. The van der Waals surface area contributed by atoms with Gasteiger partial charge in [-0.1, -0.05) is 18.2 Å². The maximum absolute atomic E-state index is 11.4. The minimum atomic E-state index is -0.937. The molecule has 1 N–H and O–H groups in total. The second-order valence-electron chi connectivity index (χ2n) is 5.41. The van der Waals surface area contributed by atoms with Crippen molar-refractivity contribution in [1.29, 1.82) is 0 Å². The van der Waals surface area contributed by atoms with Gasteiger partial charge in [0.15, 0.2) is 0 Å². The average Bonchev–Trinajstić information content (AvgIpc) is 2.84. The highest BCUT2D eigenvalue weighted by Gasteiger charge is 2.16. The maximum atomic E-state index is 11.4. The van der Waals surface area contributed by atoms with Crippen LogP contribution in [0.2, 0.25) is 0 Å². The second-order valence-corrected chi connectivity index (χ2v) is 5.41. The van der Waals surface area contributed by atoms with Crippen molar-refractivity contribution in [1.82, 2.24) is 14.8 Å². The van der Waals surface area contributed by atoms with E-state index in [4.69, 9.17) is 0 Å². The molecule has 3 aromatic rings. The average molecular weight is 307 g/mol. The fourth-order valence-corrected chi connectivity index (χ4v) is 2.72. The van der Waals surface area contributed by atoms with Crippen LogP contribution in [0.5, 0.6) is 0 Å². The van der Waals surface area contributed by atoms with Gasteiger partial charge in [-0.2, -0.15) is 5.10 Å². The summed E-state index contributed by atoms with van der Waals surface area (Å²) < 4.78 is 1.89. The van der Waals surface area contributed by atoms with E-state index in [9.17, 15) is 9.90 Å². The summed E-state index contributed by atoms with van der Waals surface area (Å²) in [6, 6.07) is 11.4. The molecule has 0 aliphatic carbocycles. The highest BCUT2D eigenvalue weighted by atomic mass is 16.4. The number of carboxylic acids is 1. The van der Waals surface area contributed by atoms with Gasteiger partial charge in [0.1, 0.15) is 0 Å². The predicted octanol–water partition coefficient (Wildman–Crippen LogP) is 3.17. The van der Waals surface area contributed by atoms with Crippen molar-refractivity contribution in [2.24, 2.45) is 0 Å². The van der Waals surface area contributed by atoms with E-state index >= 15 is 0 Å². The van der Waals surface area contributed by atoms with Crippen LogP contribution in [0.1, 0.15) is 32.9 Å². The van der Waals surface area contributed by atoms with Gasteiger partial charge in [0.05, 0.1) is 16.9 Å². The summed E-state index contributed by atoms with van der Waals surface area (Å²) in [5.74, 6) is -0.937. The van der Waals surface area contributed by atoms with Crippen LogP contribution in [0.25, 0.3) is 5.69 Å². The molecule has 23 heavy (non-hydrogen) atoms. The van der Waals surface area contributed by atoms with Gasteiger partial charge in [-0.25, -0.2) is 9.48 Å². The normalized spacial score (nSPS) is 10.7. The van der Waals surface area contributed by atoms with Gasteiger partial charge in [-0.15, -0.1) is 0 Å². The van der Waals surface area contributed by atoms with Crippen LogP contribution in [0.3, 0.4) is 0 Å². The Morgan fingerprint density at radius 3 is 2.61 bits per heavy atom. The molecule has 0 bridgehead atoms. The van der Waals surface area contributed by atoms with E-state index in [1.54, 1.807) is 6.20 Å². The highest BCUT2D eigenvalue weighted by Crippen LogP contribution is 2.22. The lowest BCUT2D eigenvalue weighted by atomic mass is 10.0. The molecular weight excluding hydrogens is 290 g/mol.